The third kappa shape index (κ3) is 3.89. The van der Waals surface area contributed by atoms with Gasteiger partial charge in [-0.15, -0.1) is 23.2 Å². The van der Waals surface area contributed by atoms with Crippen LogP contribution in [0.4, 0.5) is 0 Å². The van der Waals surface area contributed by atoms with E-state index in [-0.39, 0.29) is 0 Å². The predicted molar refractivity (Wildman–Crippen MR) is 64.2 cm³/mol. The molecular formula is C10H18Cl2S. The minimum Gasteiger partial charge on any atom is -0.162 e. The van der Waals surface area contributed by atoms with Crippen molar-refractivity contribution < 1.29 is 0 Å². The van der Waals surface area contributed by atoms with Crippen LogP contribution in [0, 0.1) is 5.92 Å². The summed E-state index contributed by atoms with van der Waals surface area (Å²) in [6, 6.07) is 0. The second-order valence-corrected chi connectivity index (χ2v) is 5.97. The van der Waals surface area contributed by atoms with Crippen LogP contribution in [0.1, 0.15) is 32.6 Å². The Kier molecular flexibility index (Phi) is 5.93. The number of thioether (sulfide) groups is 1. The number of rotatable bonds is 4. The summed E-state index contributed by atoms with van der Waals surface area (Å²) >= 11 is 14.5. The molecule has 0 aromatic rings. The molecule has 1 aliphatic rings. The first kappa shape index (κ1) is 12.0. The Bertz CT molecular complexity index is 131. The normalized spacial score (nSPS) is 34.8. The maximum absolute atomic E-state index is 6.26. The van der Waals surface area contributed by atoms with E-state index in [0.717, 1.165) is 18.6 Å². The van der Waals surface area contributed by atoms with Crippen molar-refractivity contribution in [2.75, 3.05) is 11.5 Å². The van der Waals surface area contributed by atoms with E-state index in [9.17, 15) is 0 Å². The summed E-state index contributed by atoms with van der Waals surface area (Å²) in [5, 5.41) is 0.640. The van der Waals surface area contributed by atoms with Gasteiger partial charge in [-0.05, 0) is 30.8 Å². The highest BCUT2D eigenvalue weighted by Gasteiger charge is 2.30. The van der Waals surface area contributed by atoms with Gasteiger partial charge in [0, 0.05) is 16.7 Å². The van der Waals surface area contributed by atoms with E-state index < -0.39 is 0 Å². The van der Waals surface area contributed by atoms with Gasteiger partial charge < -0.3 is 0 Å². The molecule has 0 aliphatic heterocycles. The molecule has 0 N–H and O–H groups in total. The first-order chi connectivity index (χ1) is 6.25. The second-order valence-electron chi connectivity index (χ2n) is 3.70. The van der Waals surface area contributed by atoms with Crippen LogP contribution in [0.2, 0.25) is 0 Å². The van der Waals surface area contributed by atoms with Gasteiger partial charge in [0.2, 0.25) is 0 Å². The van der Waals surface area contributed by atoms with Crippen LogP contribution in [-0.2, 0) is 0 Å². The van der Waals surface area contributed by atoms with Crippen LogP contribution in [0.25, 0.3) is 0 Å². The fourth-order valence-electron chi connectivity index (χ4n) is 1.74. The largest absolute Gasteiger partial charge is 0.162 e. The second kappa shape index (κ2) is 6.42. The average Bonchev–Trinajstić information content (AvgIpc) is 2.10. The molecule has 0 spiro atoms. The van der Waals surface area contributed by atoms with E-state index in [1.807, 2.05) is 11.8 Å². The number of alkyl halides is 2. The lowest BCUT2D eigenvalue weighted by Gasteiger charge is -2.31. The van der Waals surface area contributed by atoms with Crippen LogP contribution in [0.3, 0.4) is 0 Å². The van der Waals surface area contributed by atoms with E-state index in [0.29, 0.717) is 16.7 Å². The standard InChI is InChI=1S/C10H18Cl2S/c1-2-6-13-7-8-9(11)4-3-5-10(8)12/h8-10H,2-7H2,1H3. The van der Waals surface area contributed by atoms with Crippen molar-refractivity contribution in [1.29, 1.82) is 0 Å². The van der Waals surface area contributed by atoms with Gasteiger partial charge in [-0.25, -0.2) is 0 Å². The Morgan fingerprint density at radius 3 is 2.38 bits per heavy atom. The molecule has 2 unspecified atom stereocenters. The maximum Gasteiger partial charge on any atom is 0.0386 e. The molecule has 1 fully saturated rings. The van der Waals surface area contributed by atoms with Crippen molar-refractivity contribution in [1.82, 2.24) is 0 Å². The number of hydrogen-bond acceptors (Lipinski definition) is 1. The Morgan fingerprint density at radius 2 is 1.85 bits per heavy atom. The summed E-state index contributed by atoms with van der Waals surface area (Å²) in [6.07, 6.45) is 4.76. The van der Waals surface area contributed by atoms with Crippen molar-refractivity contribution in [2.24, 2.45) is 5.92 Å². The van der Waals surface area contributed by atoms with Crippen molar-refractivity contribution in [3.8, 4) is 0 Å². The van der Waals surface area contributed by atoms with Gasteiger partial charge >= 0.3 is 0 Å². The van der Waals surface area contributed by atoms with Gasteiger partial charge in [0.25, 0.3) is 0 Å². The smallest absolute Gasteiger partial charge is 0.0386 e. The zero-order valence-corrected chi connectivity index (χ0v) is 10.5. The van der Waals surface area contributed by atoms with Crippen LogP contribution < -0.4 is 0 Å². The quantitative estimate of drug-likeness (QED) is 0.526. The molecule has 0 heterocycles. The van der Waals surface area contributed by atoms with Crippen LogP contribution in [-0.4, -0.2) is 22.3 Å². The topological polar surface area (TPSA) is 0 Å². The van der Waals surface area contributed by atoms with Crippen molar-refractivity contribution >= 4 is 35.0 Å². The van der Waals surface area contributed by atoms with Gasteiger partial charge in [-0.2, -0.15) is 11.8 Å². The molecule has 1 rings (SSSR count). The first-order valence-electron chi connectivity index (χ1n) is 5.11. The Labute approximate surface area is 95.7 Å². The average molecular weight is 241 g/mol. The molecule has 2 atom stereocenters. The van der Waals surface area contributed by atoms with E-state index in [2.05, 4.69) is 6.92 Å². The highest BCUT2D eigenvalue weighted by Crippen LogP contribution is 2.34. The molecule has 13 heavy (non-hydrogen) atoms. The van der Waals surface area contributed by atoms with Crippen LogP contribution in [0.15, 0.2) is 0 Å². The molecule has 0 bridgehead atoms. The Balaban J connectivity index is 2.26. The molecule has 78 valence electrons. The van der Waals surface area contributed by atoms with Gasteiger partial charge in [-0.3, -0.25) is 0 Å². The minimum absolute atomic E-state index is 0.320. The maximum atomic E-state index is 6.26. The summed E-state index contributed by atoms with van der Waals surface area (Å²) in [5.41, 5.74) is 0. The summed E-state index contributed by atoms with van der Waals surface area (Å²) in [4.78, 5) is 0. The van der Waals surface area contributed by atoms with Crippen LogP contribution >= 0.6 is 35.0 Å². The van der Waals surface area contributed by atoms with Crippen molar-refractivity contribution in [2.45, 2.75) is 43.4 Å². The molecule has 0 saturated heterocycles. The van der Waals surface area contributed by atoms with Gasteiger partial charge in [-0.1, -0.05) is 13.3 Å². The molecule has 1 saturated carbocycles. The third-order valence-electron chi connectivity index (χ3n) is 2.55. The van der Waals surface area contributed by atoms with Crippen LogP contribution in [0.5, 0.6) is 0 Å². The highest BCUT2D eigenvalue weighted by atomic mass is 35.5. The Hall–Kier alpha value is 0.930. The summed E-state index contributed by atoms with van der Waals surface area (Å²) in [6.45, 7) is 2.21. The number of hydrogen-bond donors (Lipinski definition) is 0. The molecule has 3 heteroatoms. The van der Waals surface area contributed by atoms with E-state index >= 15 is 0 Å². The molecule has 0 amide bonds. The minimum atomic E-state index is 0.320. The van der Waals surface area contributed by atoms with E-state index in [4.69, 9.17) is 23.2 Å². The predicted octanol–water partition coefficient (Wildman–Crippen LogP) is 4.14. The van der Waals surface area contributed by atoms with E-state index in [1.165, 1.54) is 18.6 Å². The lowest BCUT2D eigenvalue weighted by atomic mass is 9.90. The van der Waals surface area contributed by atoms with Gasteiger partial charge in [0.15, 0.2) is 0 Å². The van der Waals surface area contributed by atoms with Gasteiger partial charge in [0.05, 0.1) is 0 Å². The molecule has 0 aromatic carbocycles. The van der Waals surface area contributed by atoms with Crippen molar-refractivity contribution in [3.05, 3.63) is 0 Å². The molecule has 1 aliphatic carbocycles. The molecule has 0 nitrogen and oxygen atoms in total. The molecular weight excluding hydrogens is 223 g/mol. The summed E-state index contributed by atoms with van der Waals surface area (Å²) < 4.78 is 0. The first-order valence-corrected chi connectivity index (χ1v) is 7.14. The van der Waals surface area contributed by atoms with Gasteiger partial charge in [0.1, 0.15) is 0 Å². The Morgan fingerprint density at radius 1 is 1.23 bits per heavy atom. The van der Waals surface area contributed by atoms with Crippen molar-refractivity contribution in [3.63, 3.8) is 0 Å². The molecule has 0 radical (unpaired) electrons. The monoisotopic (exact) mass is 240 g/mol. The lowest BCUT2D eigenvalue weighted by Crippen LogP contribution is -2.31. The third-order valence-corrected chi connectivity index (χ3v) is 4.95. The fraction of sp³-hybridized carbons (Fsp3) is 1.00. The summed E-state index contributed by atoms with van der Waals surface area (Å²) in [5.74, 6) is 2.92. The highest BCUT2D eigenvalue weighted by molar-refractivity contribution is 7.99. The zero-order valence-electron chi connectivity index (χ0n) is 8.14. The number of halogens is 2. The molecule has 0 aromatic heterocycles. The van der Waals surface area contributed by atoms with E-state index in [1.54, 1.807) is 0 Å². The fourth-order valence-corrected chi connectivity index (χ4v) is 4.05. The zero-order chi connectivity index (χ0) is 9.68. The lowest BCUT2D eigenvalue weighted by molar-refractivity contribution is 0.405. The SMILES string of the molecule is CCCSCC1C(Cl)CCCC1Cl. The summed E-state index contributed by atoms with van der Waals surface area (Å²) in [7, 11) is 0.